The molecule has 1 aliphatic heterocycles. The van der Waals surface area contributed by atoms with E-state index in [0.29, 0.717) is 26.2 Å². The van der Waals surface area contributed by atoms with E-state index in [4.69, 9.17) is 5.73 Å². The molecule has 0 radical (unpaired) electrons. The van der Waals surface area contributed by atoms with E-state index < -0.39 is 0 Å². The third kappa shape index (κ3) is 4.85. The lowest BCUT2D eigenvalue weighted by atomic mass is 9.64. The van der Waals surface area contributed by atoms with E-state index in [2.05, 4.69) is 35.6 Å². The maximum absolute atomic E-state index is 13.7. The lowest BCUT2D eigenvalue weighted by Crippen LogP contribution is -2.44. The summed E-state index contributed by atoms with van der Waals surface area (Å²) in [7, 11) is 0. The number of carbonyl (C=O) groups is 2. The van der Waals surface area contributed by atoms with Gasteiger partial charge in [-0.3, -0.25) is 9.59 Å². The number of nitrogens with two attached hydrogens (primary N) is 1. The molecule has 0 spiro atoms. The Balaban J connectivity index is 1.71. The van der Waals surface area contributed by atoms with Crippen molar-refractivity contribution in [2.45, 2.75) is 40.2 Å². The Labute approximate surface area is 202 Å². The van der Waals surface area contributed by atoms with Crippen molar-refractivity contribution < 1.29 is 9.59 Å². The molecular weight excluding hydrogens is 426 g/mol. The molecule has 2 aromatic rings. The SMILES string of the molecule is C=CC(=O)C(C)CN(CCN)c1ccc2c(c1)N(C(=O)C1CC(C)(C)C1)Cc1cccnc1N2. The number of rotatable bonds is 8. The molecule has 3 N–H and O–H groups in total. The molecule has 1 unspecified atom stereocenters. The molecule has 1 aromatic carbocycles. The molecule has 1 fully saturated rings. The first kappa shape index (κ1) is 24.0. The van der Waals surface area contributed by atoms with Crippen LogP contribution in [0, 0.1) is 17.3 Å². The molecule has 7 nitrogen and oxygen atoms in total. The van der Waals surface area contributed by atoms with Crippen molar-refractivity contribution in [3.05, 3.63) is 54.7 Å². The number of hydrogen-bond donors (Lipinski definition) is 2. The number of ketones is 1. The average molecular weight is 462 g/mol. The summed E-state index contributed by atoms with van der Waals surface area (Å²) < 4.78 is 0. The van der Waals surface area contributed by atoms with Gasteiger partial charge in [-0.2, -0.15) is 0 Å². The van der Waals surface area contributed by atoms with Crippen LogP contribution >= 0.6 is 0 Å². The number of pyridine rings is 1. The maximum atomic E-state index is 13.7. The highest BCUT2D eigenvalue weighted by molar-refractivity contribution is 6.00. The summed E-state index contributed by atoms with van der Waals surface area (Å²) >= 11 is 0. The second kappa shape index (κ2) is 9.58. The highest BCUT2D eigenvalue weighted by atomic mass is 16.2. The van der Waals surface area contributed by atoms with Gasteiger partial charge in [-0.15, -0.1) is 0 Å². The minimum atomic E-state index is -0.204. The van der Waals surface area contributed by atoms with Crippen LogP contribution in [0.25, 0.3) is 0 Å². The molecular formula is C27H35N5O2. The first-order valence-electron chi connectivity index (χ1n) is 12.0. The fraction of sp³-hybridized carbons (Fsp3) is 0.444. The van der Waals surface area contributed by atoms with Crippen LogP contribution in [0.4, 0.5) is 22.9 Å². The molecule has 1 saturated carbocycles. The number of carbonyl (C=O) groups excluding carboxylic acids is 2. The van der Waals surface area contributed by atoms with Gasteiger partial charge in [0.25, 0.3) is 0 Å². The van der Waals surface area contributed by atoms with Gasteiger partial charge in [0.15, 0.2) is 5.78 Å². The Morgan fingerprint density at radius 2 is 2.12 bits per heavy atom. The number of fused-ring (bicyclic) bond motifs is 2. The minimum absolute atomic E-state index is 0.00405. The molecule has 34 heavy (non-hydrogen) atoms. The highest BCUT2D eigenvalue weighted by Crippen LogP contribution is 2.47. The summed E-state index contributed by atoms with van der Waals surface area (Å²) in [5.74, 6) is 0.741. The monoisotopic (exact) mass is 461 g/mol. The number of amides is 1. The number of nitrogens with one attached hydrogen (secondary N) is 1. The van der Waals surface area contributed by atoms with Gasteiger partial charge in [0, 0.05) is 48.9 Å². The molecule has 4 rings (SSSR count). The first-order chi connectivity index (χ1) is 16.2. The fourth-order valence-corrected chi connectivity index (χ4v) is 5.08. The van der Waals surface area contributed by atoms with Crippen LogP contribution in [-0.2, 0) is 16.1 Å². The quantitative estimate of drug-likeness (QED) is 0.571. The number of allylic oxidation sites excluding steroid dienone is 1. The van der Waals surface area contributed by atoms with Crippen LogP contribution in [0.5, 0.6) is 0 Å². The van der Waals surface area contributed by atoms with Crippen molar-refractivity contribution in [2.75, 3.05) is 34.8 Å². The molecule has 180 valence electrons. The maximum Gasteiger partial charge on any atom is 0.230 e. The van der Waals surface area contributed by atoms with E-state index in [1.807, 2.05) is 42.2 Å². The predicted molar refractivity (Wildman–Crippen MR) is 137 cm³/mol. The first-order valence-corrected chi connectivity index (χ1v) is 12.0. The third-order valence-electron chi connectivity index (χ3n) is 6.90. The van der Waals surface area contributed by atoms with Crippen LogP contribution < -0.4 is 20.9 Å². The van der Waals surface area contributed by atoms with Crippen molar-refractivity contribution in [3.63, 3.8) is 0 Å². The Hall–Kier alpha value is -3.19. The van der Waals surface area contributed by atoms with Crippen LogP contribution in [0.3, 0.4) is 0 Å². The van der Waals surface area contributed by atoms with E-state index in [-0.39, 0.29) is 28.9 Å². The lowest BCUT2D eigenvalue weighted by molar-refractivity contribution is -0.128. The zero-order chi connectivity index (χ0) is 24.5. The summed E-state index contributed by atoms with van der Waals surface area (Å²) in [6, 6.07) is 9.95. The second-order valence-electron chi connectivity index (χ2n) is 10.3. The van der Waals surface area contributed by atoms with E-state index in [9.17, 15) is 9.59 Å². The summed E-state index contributed by atoms with van der Waals surface area (Å²) in [6.07, 6.45) is 4.92. The van der Waals surface area contributed by atoms with Crippen molar-refractivity contribution in [2.24, 2.45) is 23.0 Å². The van der Waals surface area contributed by atoms with Crippen molar-refractivity contribution in [1.29, 1.82) is 0 Å². The molecule has 7 heteroatoms. The molecule has 2 heterocycles. The number of benzene rings is 1. The molecule has 1 atom stereocenters. The number of hydrogen-bond acceptors (Lipinski definition) is 6. The second-order valence-corrected chi connectivity index (χ2v) is 10.3. The zero-order valence-electron chi connectivity index (χ0n) is 20.4. The molecule has 2 aliphatic rings. The molecule has 1 aromatic heterocycles. The van der Waals surface area contributed by atoms with Crippen LogP contribution in [-0.4, -0.2) is 36.3 Å². The Kier molecular flexibility index (Phi) is 6.75. The van der Waals surface area contributed by atoms with E-state index in [0.717, 1.165) is 41.3 Å². The lowest BCUT2D eigenvalue weighted by Gasteiger charge is -2.43. The van der Waals surface area contributed by atoms with Gasteiger partial charge in [-0.1, -0.05) is 33.4 Å². The van der Waals surface area contributed by atoms with Crippen LogP contribution in [0.2, 0.25) is 0 Å². The standard InChI is InChI=1S/C27H35N5O2/c1-5-24(33)18(2)16-31(12-10-28)21-8-9-22-23(13-21)32(26(34)20-14-27(3,4)15-20)17-19-7-6-11-29-25(19)30-22/h5-9,11,13,18,20H,1,10,12,14-17,28H2,2-4H3,(H,29,30). The smallest absolute Gasteiger partial charge is 0.230 e. The van der Waals surface area contributed by atoms with Gasteiger partial charge in [0.05, 0.1) is 17.9 Å². The fourth-order valence-electron chi connectivity index (χ4n) is 5.08. The predicted octanol–water partition coefficient (Wildman–Crippen LogP) is 4.26. The minimum Gasteiger partial charge on any atom is -0.369 e. The number of anilines is 4. The summed E-state index contributed by atoms with van der Waals surface area (Å²) in [5, 5.41) is 3.43. The van der Waals surface area contributed by atoms with Crippen LogP contribution in [0.1, 0.15) is 39.2 Å². The topological polar surface area (TPSA) is 91.6 Å². The Bertz CT molecular complexity index is 1090. The van der Waals surface area contributed by atoms with Gasteiger partial charge in [-0.25, -0.2) is 4.98 Å². The number of aromatic nitrogens is 1. The van der Waals surface area contributed by atoms with E-state index in [1.54, 1.807) is 6.20 Å². The molecule has 1 amide bonds. The third-order valence-corrected chi connectivity index (χ3v) is 6.90. The zero-order valence-corrected chi connectivity index (χ0v) is 20.4. The largest absolute Gasteiger partial charge is 0.369 e. The molecule has 0 bridgehead atoms. The normalized spacial score (nSPS) is 17.4. The van der Waals surface area contributed by atoms with E-state index >= 15 is 0 Å². The van der Waals surface area contributed by atoms with Gasteiger partial charge in [-0.05, 0) is 48.6 Å². The Morgan fingerprint density at radius 1 is 1.35 bits per heavy atom. The van der Waals surface area contributed by atoms with Crippen molar-refractivity contribution >= 4 is 34.6 Å². The highest BCUT2D eigenvalue weighted by Gasteiger charge is 2.43. The van der Waals surface area contributed by atoms with Gasteiger partial charge < -0.3 is 20.9 Å². The van der Waals surface area contributed by atoms with Gasteiger partial charge in [0.1, 0.15) is 5.82 Å². The summed E-state index contributed by atoms with van der Waals surface area (Å²) in [5.41, 5.74) is 9.70. The van der Waals surface area contributed by atoms with E-state index in [1.165, 1.54) is 6.08 Å². The van der Waals surface area contributed by atoms with Crippen molar-refractivity contribution in [3.8, 4) is 0 Å². The molecule has 1 aliphatic carbocycles. The molecule has 0 saturated heterocycles. The Morgan fingerprint density at radius 3 is 2.79 bits per heavy atom. The van der Waals surface area contributed by atoms with Gasteiger partial charge in [0.2, 0.25) is 5.91 Å². The van der Waals surface area contributed by atoms with Crippen molar-refractivity contribution in [1.82, 2.24) is 4.98 Å². The summed E-state index contributed by atoms with van der Waals surface area (Å²) in [4.78, 5) is 34.4. The van der Waals surface area contributed by atoms with Crippen LogP contribution in [0.15, 0.2) is 49.2 Å². The summed E-state index contributed by atoms with van der Waals surface area (Å²) in [6.45, 7) is 12.0. The van der Waals surface area contributed by atoms with Gasteiger partial charge >= 0.3 is 0 Å². The average Bonchev–Trinajstić information content (AvgIpc) is 2.97. The number of nitrogens with zero attached hydrogens (tertiary/aromatic N) is 3.